The van der Waals surface area contributed by atoms with Crippen molar-refractivity contribution in [2.45, 2.75) is 19.3 Å². The molecule has 1 heterocycles. The molecule has 0 bridgehead atoms. The molecule has 30 heavy (non-hydrogen) atoms. The second kappa shape index (κ2) is 9.57. The third-order valence-electron chi connectivity index (χ3n) is 5.61. The molecule has 0 aromatic heterocycles. The first-order valence-electron chi connectivity index (χ1n) is 9.96. The maximum atomic E-state index is 13.2. The fourth-order valence-corrected chi connectivity index (χ4v) is 4.06. The third kappa shape index (κ3) is 5.17. The molecular formula is C22H29F3N2O3+2. The Labute approximate surface area is 174 Å². The van der Waals surface area contributed by atoms with Crippen LogP contribution in [-0.4, -0.2) is 47.5 Å². The normalized spacial score (nSPS) is 19.4. The van der Waals surface area contributed by atoms with Gasteiger partial charge in [0, 0.05) is 11.1 Å². The number of hydrogen-bond donors (Lipinski definition) is 2. The summed E-state index contributed by atoms with van der Waals surface area (Å²) in [5, 5.41) is 0. The molecule has 3 rings (SSSR count). The number of benzene rings is 2. The van der Waals surface area contributed by atoms with E-state index in [0.717, 1.165) is 38.3 Å². The van der Waals surface area contributed by atoms with Crippen molar-refractivity contribution < 1.29 is 37.2 Å². The van der Waals surface area contributed by atoms with Crippen LogP contribution in [0.2, 0.25) is 0 Å². The number of nitrogens with one attached hydrogen (secondary N) is 2. The Bertz CT molecular complexity index is 825. The molecule has 0 saturated carbocycles. The van der Waals surface area contributed by atoms with Crippen molar-refractivity contribution in [2.75, 3.05) is 47.5 Å². The Morgan fingerprint density at radius 1 is 0.800 bits per heavy atom. The third-order valence-corrected chi connectivity index (χ3v) is 5.61. The van der Waals surface area contributed by atoms with Gasteiger partial charge in [-0.3, -0.25) is 0 Å². The molecule has 2 N–H and O–H groups in total. The second-order valence-corrected chi connectivity index (χ2v) is 7.54. The van der Waals surface area contributed by atoms with Gasteiger partial charge in [-0.25, -0.2) is 0 Å². The number of rotatable bonds is 7. The van der Waals surface area contributed by atoms with Crippen molar-refractivity contribution in [2.24, 2.45) is 0 Å². The van der Waals surface area contributed by atoms with Crippen LogP contribution < -0.4 is 24.0 Å². The van der Waals surface area contributed by atoms with Gasteiger partial charge in [0.15, 0.2) is 11.5 Å². The number of ether oxygens (including phenoxy) is 3. The van der Waals surface area contributed by atoms with E-state index in [-0.39, 0.29) is 0 Å². The minimum atomic E-state index is -4.31. The average Bonchev–Trinajstić information content (AvgIpc) is 2.74. The minimum absolute atomic E-state index is 0.369. The summed E-state index contributed by atoms with van der Waals surface area (Å²) >= 11 is 0. The van der Waals surface area contributed by atoms with E-state index < -0.39 is 11.7 Å². The zero-order valence-corrected chi connectivity index (χ0v) is 17.6. The SMILES string of the molecule is COc1cc(C[NH+]2CC[NH+](Cc3ccccc3C(F)(F)F)CC2)cc(OC)c1OC. The Morgan fingerprint density at radius 3 is 1.83 bits per heavy atom. The van der Waals surface area contributed by atoms with Crippen LogP contribution in [-0.2, 0) is 19.3 Å². The van der Waals surface area contributed by atoms with Crippen molar-refractivity contribution in [3.63, 3.8) is 0 Å². The highest BCUT2D eigenvalue weighted by Crippen LogP contribution is 2.38. The Kier molecular flexibility index (Phi) is 7.10. The van der Waals surface area contributed by atoms with Crippen LogP contribution in [0.3, 0.4) is 0 Å². The molecular weight excluding hydrogens is 397 g/mol. The largest absolute Gasteiger partial charge is 0.493 e. The van der Waals surface area contributed by atoms with Crippen molar-refractivity contribution in [3.8, 4) is 17.2 Å². The summed E-state index contributed by atoms with van der Waals surface area (Å²) in [7, 11) is 4.76. The Balaban J connectivity index is 1.62. The van der Waals surface area contributed by atoms with E-state index in [4.69, 9.17) is 14.2 Å². The van der Waals surface area contributed by atoms with Gasteiger partial charge in [0.25, 0.3) is 0 Å². The van der Waals surface area contributed by atoms with E-state index in [0.29, 0.717) is 29.4 Å². The van der Waals surface area contributed by atoms with Gasteiger partial charge in [-0.05, 0) is 18.2 Å². The molecule has 1 aliphatic heterocycles. The predicted molar refractivity (Wildman–Crippen MR) is 106 cm³/mol. The highest BCUT2D eigenvalue weighted by atomic mass is 19.4. The lowest BCUT2D eigenvalue weighted by Gasteiger charge is -2.30. The molecule has 0 radical (unpaired) electrons. The van der Waals surface area contributed by atoms with E-state index in [9.17, 15) is 13.2 Å². The van der Waals surface area contributed by atoms with E-state index >= 15 is 0 Å². The van der Waals surface area contributed by atoms with Gasteiger partial charge >= 0.3 is 6.18 Å². The summed E-state index contributed by atoms with van der Waals surface area (Å²) in [5.74, 6) is 1.81. The number of hydrogen-bond acceptors (Lipinski definition) is 3. The van der Waals surface area contributed by atoms with Crippen LogP contribution in [0, 0.1) is 0 Å². The highest BCUT2D eigenvalue weighted by molar-refractivity contribution is 5.53. The average molecular weight is 426 g/mol. The number of methoxy groups -OCH3 is 3. The van der Waals surface area contributed by atoms with Crippen LogP contribution >= 0.6 is 0 Å². The van der Waals surface area contributed by atoms with Gasteiger partial charge in [0.2, 0.25) is 5.75 Å². The van der Waals surface area contributed by atoms with E-state index in [1.165, 1.54) is 21.9 Å². The molecule has 0 amide bonds. The molecule has 1 fully saturated rings. The Hall–Kier alpha value is -2.45. The maximum Gasteiger partial charge on any atom is 0.416 e. The van der Waals surface area contributed by atoms with E-state index in [2.05, 4.69) is 0 Å². The number of piperazine rings is 1. The van der Waals surface area contributed by atoms with Crippen LogP contribution in [0.15, 0.2) is 36.4 Å². The fraction of sp³-hybridized carbons (Fsp3) is 0.455. The van der Waals surface area contributed by atoms with E-state index in [1.807, 2.05) is 12.1 Å². The molecule has 5 nitrogen and oxygen atoms in total. The summed E-state index contributed by atoms with van der Waals surface area (Å²) in [6, 6.07) is 9.78. The van der Waals surface area contributed by atoms with Gasteiger partial charge < -0.3 is 24.0 Å². The quantitative estimate of drug-likeness (QED) is 0.699. The molecule has 2 aromatic carbocycles. The highest BCUT2D eigenvalue weighted by Gasteiger charge is 2.34. The first kappa shape index (κ1) is 22.2. The first-order valence-corrected chi connectivity index (χ1v) is 9.96. The van der Waals surface area contributed by atoms with Gasteiger partial charge in [-0.2, -0.15) is 13.2 Å². The molecule has 1 saturated heterocycles. The van der Waals surface area contributed by atoms with E-state index in [1.54, 1.807) is 33.5 Å². The maximum absolute atomic E-state index is 13.2. The summed E-state index contributed by atoms with van der Waals surface area (Å²) in [6.07, 6.45) is -4.31. The van der Waals surface area contributed by atoms with Gasteiger partial charge in [0.05, 0.1) is 26.9 Å². The predicted octanol–water partition coefficient (Wildman–Crippen LogP) is 1.21. The fourth-order valence-electron chi connectivity index (χ4n) is 4.06. The smallest absolute Gasteiger partial charge is 0.416 e. The molecule has 0 spiro atoms. The second-order valence-electron chi connectivity index (χ2n) is 7.54. The molecule has 0 aliphatic carbocycles. The lowest BCUT2D eigenvalue weighted by Crippen LogP contribution is -3.27. The van der Waals surface area contributed by atoms with Crippen LogP contribution in [0.1, 0.15) is 16.7 Å². The summed E-state index contributed by atoms with van der Waals surface area (Å²) in [4.78, 5) is 2.57. The molecule has 2 aromatic rings. The molecule has 0 unspecified atom stereocenters. The summed E-state index contributed by atoms with van der Waals surface area (Å²) < 4.78 is 55.9. The van der Waals surface area contributed by atoms with Crippen molar-refractivity contribution in [1.29, 1.82) is 0 Å². The minimum Gasteiger partial charge on any atom is -0.493 e. The lowest BCUT2D eigenvalue weighted by molar-refractivity contribution is -1.02. The molecule has 0 atom stereocenters. The molecule has 1 aliphatic rings. The van der Waals surface area contributed by atoms with Gasteiger partial charge in [-0.15, -0.1) is 0 Å². The molecule has 164 valence electrons. The lowest BCUT2D eigenvalue weighted by atomic mass is 10.1. The van der Waals surface area contributed by atoms with Crippen molar-refractivity contribution >= 4 is 0 Å². The Morgan fingerprint density at radius 2 is 1.33 bits per heavy atom. The zero-order chi connectivity index (χ0) is 21.7. The topological polar surface area (TPSA) is 36.6 Å². The summed E-state index contributed by atoms with van der Waals surface area (Å²) in [6.45, 7) is 4.62. The van der Waals surface area contributed by atoms with Gasteiger partial charge in [0.1, 0.15) is 39.3 Å². The monoisotopic (exact) mass is 426 g/mol. The standard InChI is InChI=1S/C22H27F3N2O3/c1-28-19-12-16(13-20(29-2)21(19)30-3)14-26-8-10-27(11-9-26)15-17-6-4-5-7-18(17)22(23,24)25/h4-7,12-13H,8-11,14-15H2,1-3H3/p+2. The first-order chi connectivity index (χ1) is 14.4. The van der Waals surface area contributed by atoms with Crippen LogP contribution in [0.4, 0.5) is 13.2 Å². The molecule has 8 heteroatoms. The van der Waals surface area contributed by atoms with Crippen molar-refractivity contribution in [3.05, 3.63) is 53.1 Å². The number of alkyl halides is 3. The van der Waals surface area contributed by atoms with Crippen LogP contribution in [0.5, 0.6) is 17.2 Å². The zero-order valence-electron chi connectivity index (χ0n) is 17.6. The summed E-state index contributed by atoms with van der Waals surface area (Å²) in [5.41, 5.74) is 0.920. The number of halogens is 3. The van der Waals surface area contributed by atoms with Crippen molar-refractivity contribution in [1.82, 2.24) is 0 Å². The van der Waals surface area contributed by atoms with Gasteiger partial charge in [-0.1, -0.05) is 18.2 Å². The number of quaternary nitrogens is 2. The van der Waals surface area contributed by atoms with Crippen LogP contribution in [0.25, 0.3) is 0 Å².